The molecule has 0 saturated carbocycles. The third-order valence-corrected chi connectivity index (χ3v) is 3.25. The number of pyridine rings is 1. The maximum atomic E-state index is 13.1. The minimum atomic E-state index is -4.64. The molecule has 0 saturated heterocycles. The lowest BCUT2D eigenvalue weighted by atomic mass is 9.99. The van der Waals surface area contributed by atoms with Gasteiger partial charge in [-0.2, -0.15) is 13.2 Å². The van der Waals surface area contributed by atoms with Gasteiger partial charge in [0.15, 0.2) is 0 Å². The van der Waals surface area contributed by atoms with E-state index in [1.165, 1.54) is 6.07 Å². The Labute approximate surface area is 123 Å². The number of aromatic nitrogens is 1. The standard InChI is InChI=1S/C15H14F3NO3/c1-7(2)6-10-11(14(21)22)13(20)8-4-3-5-9(12(8)19-10)15(16,17)18/h3-5,7H,6H2,1-2H3,(H,19,20)(H,21,22). The highest BCUT2D eigenvalue weighted by atomic mass is 19.4. The molecule has 7 heteroatoms. The summed E-state index contributed by atoms with van der Waals surface area (Å²) in [6.07, 6.45) is -4.47. The molecule has 0 fully saturated rings. The van der Waals surface area contributed by atoms with E-state index in [1.807, 2.05) is 0 Å². The summed E-state index contributed by atoms with van der Waals surface area (Å²) in [6, 6.07) is 3.14. The number of nitrogens with one attached hydrogen (secondary N) is 1. The Kier molecular flexibility index (Phi) is 4.00. The number of fused-ring (bicyclic) bond motifs is 1. The fourth-order valence-corrected chi connectivity index (χ4v) is 2.39. The third kappa shape index (κ3) is 2.84. The molecule has 4 nitrogen and oxygen atoms in total. The molecule has 2 rings (SSSR count). The van der Waals surface area contributed by atoms with Crippen LogP contribution < -0.4 is 5.43 Å². The molecule has 1 aromatic carbocycles. The highest BCUT2D eigenvalue weighted by Gasteiger charge is 2.34. The van der Waals surface area contributed by atoms with Gasteiger partial charge in [0.05, 0.1) is 11.1 Å². The maximum Gasteiger partial charge on any atom is 0.418 e. The summed E-state index contributed by atoms with van der Waals surface area (Å²) in [6.45, 7) is 3.56. The van der Waals surface area contributed by atoms with Crippen molar-refractivity contribution in [3.05, 3.63) is 45.2 Å². The second-order valence-electron chi connectivity index (χ2n) is 5.44. The van der Waals surface area contributed by atoms with Crippen LogP contribution in [0.5, 0.6) is 0 Å². The third-order valence-electron chi connectivity index (χ3n) is 3.25. The number of carboxylic acid groups (broad SMARTS) is 1. The molecule has 0 aliphatic rings. The second-order valence-corrected chi connectivity index (χ2v) is 5.44. The molecule has 0 radical (unpaired) electrons. The van der Waals surface area contributed by atoms with Crippen LogP contribution in [0.15, 0.2) is 23.0 Å². The number of H-pyrrole nitrogens is 1. The van der Waals surface area contributed by atoms with Crippen molar-refractivity contribution in [2.24, 2.45) is 5.92 Å². The van der Waals surface area contributed by atoms with Crippen molar-refractivity contribution < 1.29 is 23.1 Å². The van der Waals surface area contributed by atoms with E-state index >= 15 is 0 Å². The van der Waals surface area contributed by atoms with Gasteiger partial charge in [0.1, 0.15) is 5.56 Å². The maximum absolute atomic E-state index is 13.1. The number of carboxylic acids is 1. The molecule has 0 unspecified atom stereocenters. The molecule has 1 heterocycles. The van der Waals surface area contributed by atoms with Gasteiger partial charge >= 0.3 is 12.1 Å². The quantitative estimate of drug-likeness (QED) is 0.912. The Morgan fingerprint density at radius 1 is 1.32 bits per heavy atom. The summed E-state index contributed by atoms with van der Waals surface area (Å²) in [5.41, 5.74) is -2.75. The lowest BCUT2D eigenvalue weighted by Gasteiger charge is -2.14. The van der Waals surface area contributed by atoms with E-state index in [0.29, 0.717) is 0 Å². The first-order valence-electron chi connectivity index (χ1n) is 6.61. The summed E-state index contributed by atoms with van der Waals surface area (Å²) in [4.78, 5) is 26.1. The van der Waals surface area contributed by atoms with Crippen LogP contribution in [-0.2, 0) is 12.6 Å². The van der Waals surface area contributed by atoms with Crippen molar-refractivity contribution in [2.45, 2.75) is 26.4 Å². The molecule has 0 spiro atoms. The first-order valence-corrected chi connectivity index (χ1v) is 6.61. The van der Waals surface area contributed by atoms with Gasteiger partial charge in [-0.1, -0.05) is 19.9 Å². The highest BCUT2D eigenvalue weighted by molar-refractivity contribution is 5.94. The molecule has 0 bridgehead atoms. The second kappa shape index (κ2) is 5.47. The molecule has 0 atom stereocenters. The van der Waals surface area contributed by atoms with Gasteiger partial charge < -0.3 is 10.1 Å². The average Bonchev–Trinajstić information content (AvgIpc) is 2.35. The fraction of sp³-hybridized carbons (Fsp3) is 0.333. The predicted octanol–water partition coefficient (Wildman–Crippen LogP) is 3.44. The summed E-state index contributed by atoms with van der Waals surface area (Å²) >= 11 is 0. The first kappa shape index (κ1) is 16.1. The van der Waals surface area contributed by atoms with Crippen LogP contribution in [0, 0.1) is 5.92 Å². The SMILES string of the molecule is CC(C)Cc1[nH]c2c(C(F)(F)F)cccc2c(=O)c1C(=O)O. The summed E-state index contributed by atoms with van der Waals surface area (Å²) in [5.74, 6) is -1.47. The fourth-order valence-electron chi connectivity index (χ4n) is 2.39. The lowest BCUT2D eigenvalue weighted by molar-refractivity contribution is -0.136. The van der Waals surface area contributed by atoms with E-state index in [9.17, 15) is 27.9 Å². The van der Waals surface area contributed by atoms with Gasteiger partial charge in [-0.25, -0.2) is 4.79 Å². The zero-order valence-electron chi connectivity index (χ0n) is 11.9. The minimum absolute atomic E-state index is 0.0108. The van der Waals surface area contributed by atoms with Gasteiger partial charge in [-0.15, -0.1) is 0 Å². The van der Waals surface area contributed by atoms with Crippen molar-refractivity contribution in [3.63, 3.8) is 0 Å². The van der Waals surface area contributed by atoms with Crippen LogP contribution in [0.4, 0.5) is 13.2 Å². The largest absolute Gasteiger partial charge is 0.477 e. The highest BCUT2D eigenvalue weighted by Crippen LogP contribution is 2.33. The molecular weight excluding hydrogens is 299 g/mol. The number of aromatic amines is 1. The molecule has 0 aliphatic heterocycles. The molecule has 2 aromatic rings. The van der Waals surface area contributed by atoms with Crippen molar-refractivity contribution >= 4 is 16.9 Å². The Hall–Kier alpha value is -2.31. The number of halogens is 3. The Bertz CT molecular complexity index is 791. The number of alkyl halides is 3. The normalized spacial score (nSPS) is 12.1. The Morgan fingerprint density at radius 3 is 2.45 bits per heavy atom. The first-order chi connectivity index (χ1) is 10.1. The van der Waals surface area contributed by atoms with Crippen molar-refractivity contribution in [2.75, 3.05) is 0 Å². The van der Waals surface area contributed by atoms with Crippen molar-refractivity contribution in [3.8, 4) is 0 Å². The topological polar surface area (TPSA) is 70.2 Å². The van der Waals surface area contributed by atoms with Crippen LogP contribution in [0.3, 0.4) is 0 Å². The lowest BCUT2D eigenvalue weighted by Crippen LogP contribution is -2.22. The molecule has 1 aromatic heterocycles. The van der Waals surface area contributed by atoms with E-state index in [4.69, 9.17) is 0 Å². The molecule has 0 aliphatic carbocycles. The number of hydrogen-bond donors (Lipinski definition) is 2. The number of benzene rings is 1. The number of rotatable bonds is 3. The van der Waals surface area contributed by atoms with Crippen LogP contribution >= 0.6 is 0 Å². The van der Waals surface area contributed by atoms with E-state index in [0.717, 1.165) is 12.1 Å². The monoisotopic (exact) mass is 313 g/mol. The zero-order chi connectivity index (χ0) is 16.7. The molecule has 2 N–H and O–H groups in total. The predicted molar refractivity (Wildman–Crippen MR) is 75.1 cm³/mol. The Balaban J connectivity index is 2.91. The van der Waals surface area contributed by atoms with Gasteiger partial charge in [0, 0.05) is 11.1 Å². The van der Waals surface area contributed by atoms with E-state index in [2.05, 4.69) is 4.98 Å². The summed E-state index contributed by atoms with van der Waals surface area (Å²) in [5, 5.41) is 8.93. The molecular formula is C15H14F3NO3. The smallest absolute Gasteiger partial charge is 0.418 e. The number of hydrogen-bond acceptors (Lipinski definition) is 2. The number of aromatic carboxylic acids is 1. The molecule has 22 heavy (non-hydrogen) atoms. The number of para-hydroxylation sites is 1. The van der Waals surface area contributed by atoms with Crippen molar-refractivity contribution in [1.82, 2.24) is 4.98 Å². The van der Waals surface area contributed by atoms with Gasteiger partial charge in [-0.3, -0.25) is 4.79 Å². The molecule has 118 valence electrons. The van der Waals surface area contributed by atoms with Crippen LogP contribution in [-0.4, -0.2) is 16.1 Å². The van der Waals surface area contributed by atoms with E-state index in [1.54, 1.807) is 13.8 Å². The van der Waals surface area contributed by atoms with Gasteiger partial charge in [-0.05, 0) is 24.5 Å². The van der Waals surface area contributed by atoms with Crippen LogP contribution in [0.2, 0.25) is 0 Å². The van der Waals surface area contributed by atoms with Crippen LogP contribution in [0.25, 0.3) is 10.9 Å². The summed E-state index contributed by atoms with van der Waals surface area (Å²) < 4.78 is 39.2. The van der Waals surface area contributed by atoms with Gasteiger partial charge in [0.25, 0.3) is 0 Å². The van der Waals surface area contributed by atoms with Crippen LogP contribution in [0.1, 0.15) is 35.5 Å². The van der Waals surface area contributed by atoms with E-state index < -0.39 is 28.7 Å². The van der Waals surface area contributed by atoms with Gasteiger partial charge in [0.2, 0.25) is 5.43 Å². The zero-order valence-corrected chi connectivity index (χ0v) is 11.9. The minimum Gasteiger partial charge on any atom is -0.477 e. The molecule has 0 amide bonds. The number of carbonyl (C=O) groups is 1. The average molecular weight is 313 g/mol. The van der Waals surface area contributed by atoms with Crippen molar-refractivity contribution in [1.29, 1.82) is 0 Å². The van der Waals surface area contributed by atoms with E-state index in [-0.39, 0.29) is 28.9 Å². The Morgan fingerprint density at radius 2 is 1.95 bits per heavy atom. The summed E-state index contributed by atoms with van der Waals surface area (Å²) in [7, 11) is 0.